The highest BCUT2D eigenvalue weighted by molar-refractivity contribution is 6.05. The van der Waals surface area contributed by atoms with Crippen LogP contribution in [0.5, 0.6) is 0 Å². The zero-order valence-electron chi connectivity index (χ0n) is 18.8. The molecule has 4 bridgehead atoms. The van der Waals surface area contributed by atoms with Crippen LogP contribution < -0.4 is 5.32 Å². The van der Waals surface area contributed by atoms with Crippen molar-refractivity contribution in [3.8, 4) is 11.5 Å². The van der Waals surface area contributed by atoms with E-state index in [1.54, 1.807) is 31.4 Å². The summed E-state index contributed by atoms with van der Waals surface area (Å²) in [5.41, 5.74) is 1.49. The number of nitrogens with zero attached hydrogens (tertiary/aromatic N) is 1. The summed E-state index contributed by atoms with van der Waals surface area (Å²) < 4.78 is 11.2. The topological polar surface area (TPSA) is 81.4 Å². The first kappa shape index (κ1) is 20.5. The Labute approximate surface area is 192 Å². The fourth-order valence-electron chi connectivity index (χ4n) is 6.80. The van der Waals surface area contributed by atoms with Gasteiger partial charge in [-0.1, -0.05) is 18.2 Å². The van der Waals surface area contributed by atoms with Crippen molar-refractivity contribution in [1.29, 1.82) is 0 Å². The fraction of sp³-hybridized carbons (Fsp3) is 0.444. The third-order valence-corrected chi connectivity index (χ3v) is 7.79. The lowest BCUT2D eigenvalue weighted by molar-refractivity contribution is -0.134. The number of esters is 1. The summed E-state index contributed by atoms with van der Waals surface area (Å²) in [4.78, 5) is 30.9. The van der Waals surface area contributed by atoms with Crippen LogP contribution in [0.2, 0.25) is 0 Å². The van der Waals surface area contributed by atoms with Gasteiger partial charge in [-0.25, -0.2) is 9.78 Å². The minimum Gasteiger partial charge on any atom is -0.463 e. The molecule has 0 saturated heterocycles. The van der Waals surface area contributed by atoms with Gasteiger partial charge >= 0.3 is 5.97 Å². The van der Waals surface area contributed by atoms with Crippen LogP contribution in [-0.4, -0.2) is 28.5 Å². The number of hydrogen-bond acceptors (Lipinski definition) is 5. The minimum absolute atomic E-state index is 0.109. The first-order valence-corrected chi connectivity index (χ1v) is 11.9. The number of furan rings is 1. The van der Waals surface area contributed by atoms with E-state index in [-0.39, 0.29) is 11.4 Å². The molecule has 0 radical (unpaired) electrons. The molecule has 4 aliphatic rings. The first-order chi connectivity index (χ1) is 16.0. The van der Waals surface area contributed by atoms with Crippen molar-refractivity contribution >= 4 is 22.8 Å². The van der Waals surface area contributed by atoms with Gasteiger partial charge < -0.3 is 14.5 Å². The lowest BCUT2D eigenvalue weighted by Gasteiger charge is -2.57. The Hall–Kier alpha value is -3.15. The molecule has 0 spiro atoms. The molecular formula is C27H28N2O4. The monoisotopic (exact) mass is 444 g/mol. The molecule has 4 fully saturated rings. The Kier molecular flexibility index (Phi) is 4.78. The van der Waals surface area contributed by atoms with Gasteiger partial charge in [0, 0.05) is 10.9 Å². The van der Waals surface area contributed by atoms with Crippen LogP contribution in [0.1, 0.15) is 55.8 Å². The maximum Gasteiger partial charge on any atom is 0.339 e. The van der Waals surface area contributed by atoms with Gasteiger partial charge in [-0.15, -0.1) is 0 Å². The number of ether oxygens (including phenoxy) is 1. The smallest absolute Gasteiger partial charge is 0.339 e. The SMILES string of the molecule is C[C@@H](OC(=O)c1cc(-c2ccco2)nc2ccccc12)C(=O)NC12CC3CC(CC(C3)C1)C2. The Morgan fingerprint density at radius 1 is 1.06 bits per heavy atom. The number of aromatic nitrogens is 1. The van der Waals surface area contributed by atoms with E-state index >= 15 is 0 Å². The predicted octanol–water partition coefficient (Wildman–Crippen LogP) is 5.13. The van der Waals surface area contributed by atoms with E-state index in [4.69, 9.17) is 9.15 Å². The molecule has 6 heteroatoms. The van der Waals surface area contributed by atoms with Crippen molar-refractivity contribution in [3.05, 3.63) is 54.3 Å². The van der Waals surface area contributed by atoms with Crippen LogP contribution in [0.4, 0.5) is 0 Å². The number of para-hydroxylation sites is 1. The molecular weight excluding hydrogens is 416 g/mol. The van der Waals surface area contributed by atoms with E-state index in [2.05, 4.69) is 10.3 Å². The quantitative estimate of drug-likeness (QED) is 0.552. The van der Waals surface area contributed by atoms with Crippen LogP contribution in [0.3, 0.4) is 0 Å². The molecule has 4 aliphatic carbocycles. The zero-order valence-corrected chi connectivity index (χ0v) is 18.8. The molecule has 2 heterocycles. The summed E-state index contributed by atoms with van der Waals surface area (Å²) >= 11 is 0. The molecule has 1 atom stereocenters. The Morgan fingerprint density at radius 2 is 1.76 bits per heavy atom. The average molecular weight is 445 g/mol. The summed E-state index contributed by atoms with van der Waals surface area (Å²) in [5, 5.41) is 4.00. The summed E-state index contributed by atoms with van der Waals surface area (Å²) in [7, 11) is 0. The summed E-state index contributed by atoms with van der Waals surface area (Å²) in [5.74, 6) is 2.04. The number of rotatable bonds is 5. The molecule has 2 aromatic heterocycles. The van der Waals surface area contributed by atoms with Crippen LogP contribution in [0.15, 0.2) is 53.1 Å². The molecule has 0 aliphatic heterocycles. The zero-order chi connectivity index (χ0) is 22.6. The van der Waals surface area contributed by atoms with Crippen molar-refractivity contribution in [3.63, 3.8) is 0 Å². The van der Waals surface area contributed by atoms with Crippen molar-refractivity contribution in [2.75, 3.05) is 0 Å². The second-order valence-corrected chi connectivity index (χ2v) is 10.3. The molecule has 7 rings (SSSR count). The average Bonchev–Trinajstić information content (AvgIpc) is 3.32. The highest BCUT2D eigenvalue weighted by atomic mass is 16.5. The molecule has 1 N–H and O–H groups in total. The maximum atomic E-state index is 13.2. The number of amides is 1. The fourth-order valence-corrected chi connectivity index (χ4v) is 6.80. The van der Waals surface area contributed by atoms with E-state index in [1.807, 2.05) is 24.3 Å². The minimum atomic E-state index is -0.871. The number of fused-ring (bicyclic) bond motifs is 1. The second-order valence-electron chi connectivity index (χ2n) is 10.3. The Balaban J connectivity index is 1.22. The summed E-state index contributed by atoms with van der Waals surface area (Å²) in [6, 6.07) is 12.7. The number of carbonyl (C=O) groups excluding carboxylic acids is 2. The highest BCUT2D eigenvalue weighted by Gasteiger charge is 2.51. The number of benzene rings is 1. The molecule has 1 amide bonds. The molecule has 170 valence electrons. The van der Waals surface area contributed by atoms with Crippen LogP contribution in [0, 0.1) is 17.8 Å². The molecule has 6 nitrogen and oxygen atoms in total. The van der Waals surface area contributed by atoms with Crippen molar-refractivity contribution < 1.29 is 18.7 Å². The Bertz CT molecular complexity index is 1180. The van der Waals surface area contributed by atoms with Crippen LogP contribution in [-0.2, 0) is 9.53 Å². The van der Waals surface area contributed by atoms with Crippen molar-refractivity contribution in [1.82, 2.24) is 10.3 Å². The highest BCUT2D eigenvalue weighted by Crippen LogP contribution is 2.55. The van der Waals surface area contributed by atoms with Crippen LogP contribution >= 0.6 is 0 Å². The van der Waals surface area contributed by atoms with Crippen molar-refractivity contribution in [2.45, 2.75) is 57.1 Å². The standard InChI is InChI=1S/C27H28N2O4/c1-16(25(30)29-27-13-17-9-18(14-27)11-19(10-17)15-27)33-26(31)21-12-23(24-7-4-8-32-24)28-22-6-3-2-5-20(21)22/h2-8,12,16-19H,9-11,13-15H2,1H3,(H,29,30)/t16-,17?,18?,19?,27?/m1/s1. The number of pyridine rings is 1. The molecule has 3 aromatic rings. The third-order valence-electron chi connectivity index (χ3n) is 7.79. The Morgan fingerprint density at radius 3 is 2.42 bits per heavy atom. The van der Waals surface area contributed by atoms with Crippen molar-refractivity contribution in [2.24, 2.45) is 17.8 Å². The van der Waals surface area contributed by atoms with E-state index < -0.39 is 12.1 Å². The molecule has 4 saturated carbocycles. The van der Waals surface area contributed by atoms with Gasteiger partial charge in [0.05, 0.1) is 17.3 Å². The van der Waals surface area contributed by atoms with E-state index in [9.17, 15) is 9.59 Å². The van der Waals surface area contributed by atoms with Gasteiger partial charge in [0.2, 0.25) is 0 Å². The van der Waals surface area contributed by atoms with Gasteiger partial charge in [0.25, 0.3) is 5.91 Å². The number of nitrogens with one attached hydrogen (secondary N) is 1. The molecule has 0 unspecified atom stereocenters. The number of carbonyl (C=O) groups is 2. The third kappa shape index (κ3) is 3.71. The molecule has 33 heavy (non-hydrogen) atoms. The normalized spacial score (nSPS) is 28.6. The predicted molar refractivity (Wildman–Crippen MR) is 123 cm³/mol. The largest absolute Gasteiger partial charge is 0.463 e. The van der Waals surface area contributed by atoms with E-state index in [0.717, 1.165) is 37.0 Å². The lowest BCUT2D eigenvalue weighted by Crippen LogP contribution is -2.61. The van der Waals surface area contributed by atoms with E-state index in [0.29, 0.717) is 27.9 Å². The van der Waals surface area contributed by atoms with Gasteiger partial charge in [-0.05, 0) is 87.5 Å². The second kappa shape index (κ2) is 7.72. The summed E-state index contributed by atoms with van der Waals surface area (Å²) in [6.07, 6.45) is 7.82. The molecule has 1 aromatic carbocycles. The maximum absolute atomic E-state index is 13.2. The lowest BCUT2D eigenvalue weighted by atomic mass is 9.53. The summed E-state index contributed by atoms with van der Waals surface area (Å²) in [6.45, 7) is 1.66. The van der Waals surface area contributed by atoms with Gasteiger partial charge in [-0.2, -0.15) is 0 Å². The van der Waals surface area contributed by atoms with Crippen LogP contribution in [0.25, 0.3) is 22.4 Å². The van der Waals surface area contributed by atoms with Gasteiger partial charge in [-0.3, -0.25) is 4.79 Å². The van der Waals surface area contributed by atoms with E-state index in [1.165, 1.54) is 19.3 Å². The first-order valence-electron chi connectivity index (χ1n) is 11.9. The number of hydrogen-bond donors (Lipinski definition) is 1. The van der Waals surface area contributed by atoms with Gasteiger partial charge in [0.15, 0.2) is 11.9 Å². The van der Waals surface area contributed by atoms with Gasteiger partial charge in [0.1, 0.15) is 5.69 Å².